The number of imidazole rings is 1. The topological polar surface area (TPSA) is 30.2 Å². The van der Waals surface area contributed by atoms with Crippen molar-refractivity contribution in [2.24, 2.45) is 12.0 Å². The van der Waals surface area contributed by atoms with Crippen LogP contribution in [0.5, 0.6) is 0 Å². The number of aryl methyl sites for hydroxylation is 2. The summed E-state index contributed by atoms with van der Waals surface area (Å²) in [5.41, 5.74) is 1.01. The van der Waals surface area contributed by atoms with E-state index in [0.29, 0.717) is 0 Å². The molecule has 0 aliphatic rings. The van der Waals surface area contributed by atoms with Gasteiger partial charge in [0.25, 0.3) is 0 Å². The van der Waals surface area contributed by atoms with Crippen LogP contribution in [0.3, 0.4) is 0 Å². The van der Waals surface area contributed by atoms with E-state index >= 15 is 0 Å². The van der Waals surface area contributed by atoms with Crippen LogP contribution in [-0.4, -0.2) is 16.3 Å². The van der Waals surface area contributed by atoms with Gasteiger partial charge in [0, 0.05) is 19.4 Å². The van der Waals surface area contributed by atoms with E-state index in [0.717, 1.165) is 11.5 Å². The number of aliphatic imine (C=N–C) groups is 1. The summed E-state index contributed by atoms with van der Waals surface area (Å²) in [4.78, 5) is 7.83. The van der Waals surface area contributed by atoms with Crippen LogP contribution in [-0.2, 0) is 7.05 Å². The number of rotatable bonds is 2. The van der Waals surface area contributed by atoms with Crippen molar-refractivity contribution in [2.75, 3.05) is 0 Å². The van der Waals surface area contributed by atoms with Gasteiger partial charge in [-0.05, 0) is 19.7 Å². The highest BCUT2D eigenvalue weighted by atomic mass is 15.0. The first-order chi connectivity index (χ1) is 6.24. The molecular weight excluding hydrogens is 162 g/mol. The molecule has 72 valence electrons. The molecule has 0 amide bonds. The van der Waals surface area contributed by atoms with Crippen molar-refractivity contribution in [3.63, 3.8) is 0 Å². The Morgan fingerprint density at radius 2 is 2.15 bits per heavy atom. The zero-order valence-electron chi connectivity index (χ0n) is 8.78. The third kappa shape index (κ3) is 3.69. The Hall–Kier alpha value is -1.38. The quantitative estimate of drug-likeness (QED) is 0.641. The van der Waals surface area contributed by atoms with Crippen molar-refractivity contribution in [2.45, 2.75) is 20.8 Å². The van der Waals surface area contributed by atoms with E-state index < -0.39 is 0 Å². The van der Waals surface area contributed by atoms with E-state index in [4.69, 9.17) is 0 Å². The second-order valence-electron chi connectivity index (χ2n) is 2.35. The van der Waals surface area contributed by atoms with Crippen molar-refractivity contribution in [3.8, 4) is 0 Å². The zero-order chi connectivity index (χ0) is 10.3. The molecule has 0 saturated carbocycles. The lowest BCUT2D eigenvalue weighted by Crippen LogP contribution is -1.88. The Morgan fingerprint density at radius 3 is 2.54 bits per heavy atom. The minimum atomic E-state index is 0.898. The molecule has 0 spiro atoms. The number of nitrogens with zero attached hydrogens (tertiary/aromatic N) is 3. The molecule has 1 rings (SSSR count). The predicted molar refractivity (Wildman–Crippen MR) is 57.9 cm³/mol. The summed E-state index contributed by atoms with van der Waals surface area (Å²) in [5.74, 6) is 0.898. The summed E-state index contributed by atoms with van der Waals surface area (Å²) in [6.07, 6.45) is 5.41. The second kappa shape index (κ2) is 6.17. The third-order valence-corrected chi connectivity index (χ3v) is 1.36. The van der Waals surface area contributed by atoms with E-state index in [2.05, 4.69) is 16.7 Å². The maximum Gasteiger partial charge on any atom is 0.134 e. The second-order valence-corrected chi connectivity index (χ2v) is 2.35. The fraction of sp³-hybridized carbons (Fsp3) is 0.400. The smallest absolute Gasteiger partial charge is 0.134 e. The van der Waals surface area contributed by atoms with Gasteiger partial charge < -0.3 is 4.57 Å². The summed E-state index contributed by atoms with van der Waals surface area (Å²) in [6.45, 7) is 9.30. The van der Waals surface area contributed by atoms with Gasteiger partial charge in [0.2, 0.25) is 0 Å². The highest BCUT2D eigenvalue weighted by Crippen LogP contribution is 2.01. The van der Waals surface area contributed by atoms with Crippen LogP contribution in [0, 0.1) is 6.92 Å². The summed E-state index contributed by atoms with van der Waals surface area (Å²) < 4.78 is 1.94. The molecule has 0 aromatic carbocycles. The minimum absolute atomic E-state index is 0.898. The summed E-state index contributed by atoms with van der Waals surface area (Å²) in [6, 6.07) is 0. The fourth-order valence-corrected chi connectivity index (χ4v) is 0.909. The third-order valence-electron chi connectivity index (χ3n) is 1.36. The van der Waals surface area contributed by atoms with Crippen LogP contribution in [0.4, 0.5) is 0 Å². The standard InChI is InChI=1S/C8H11N3.C2H6/c1-7-6-11(3)8(10-7)4-5-9-2;1-2/h4-6H,2H2,1,3H3;1-2H3/b5-4-;. The first-order valence-corrected chi connectivity index (χ1v) is 4.36. The molecule has 3 nitrogen and oxygen atoms in total. The van der Waals surface area contributed by atoms with Gasteiger partial charge in [-0.2, -0.15) is 0 Å². The molecule has 0 bridgehead atoms. The van der Waals surface area contributed by atoms with Crippen LogP contribution >= 0.6 is 0 Å². The van der Waals surface area contributed by atoms with Crippen LogP contribution in [0.1, 0.15) is 25.4 Å². The first-order valence-electron chi connectivity index (χ1n) is 4.36. The molecule has 0 unspecified atom stereocenters. The molecule has 0 radical (unpaired) electrons. The molecule has 0 aliphatic carbocycles. The van der Waals surface area contributed by atoms with Gasteiger partial charge in [-0.25, -0.2) is 4.98 Å². The van der Waals surface area contributed by atoms with Crippen LogP contribution in [0.25, 0.3) is 6.08 Å². The molecule has 1 aromatic rings. The van der Waals surface area contributed by atoms with Crippen molar-refractivity contribution >= 4 is 12.8 Å². The Kier molecular flexibility index (Phi) is 5.52. The number of hydrogen-bond acceptors (Lipinski definition) is 2. The predicted octanol–water partition coefficient (Wildman–Crippen LogP) is 2.43. The van der Waals surface area contributed by atoms with Gasteiger partial charge in [0.1, 0.15) is 5.82 Å². The number of aromatic nitrogens is 2. The van der Waals surface area contributed by atoms with Crippen molar-refractivity contribution in [3.05, 3.63) is 23.9 Å². The van der Waals surface area contributed by atoms with E-state index in [9.17, 15) is 0 Å². The van der Waals surface area contributed by atoms with Crippen LogP contribution < -0.4 is 0 Å². The molecule has 0 atom stereocenters. The highest BCUT2D eigenvalue weighted by molar-refractivity contribution is 5.42. The van der Waals surface area contributed by atoms with Crippen LogP contribution in [0.15, 0.2) is 17.4 Å². The van der Waals surface area contributed by atoms with Crippen molar-refractivity contribution < 1.29 is 0 Å². The van der Waals surface area contributed by atoms with Gasteiger partial charge in [-0.1, -0.05) is 13.8 Å². The molecule has 1 heterocycles. The number of hydrogen-bond donors (Lipinski definition) is 0. The largest absolute Gasteiger partial charge is 0.334 e. The molecule has 0 N–H and O–H groups in total. The van der Waals surface area contributed by atoms with Gasteiger partial charge in [0.15, 0.2) is 0 Å². The molecule has 0 fully saturated rings. The zero-order valence-corrected chi connectivity index (χ0v) is 8.78. The van der Waals surface area contributed by atoms with E-state index in [1.807, 2.05) is 44.7 Å². The van der Waals surface area contributed by atoms with Crippen molar-refractivity contribution in [1.82, 2.24) is 9.55 Å². The molecule has 0 saturated heterocycles. The first kappa shape index (κ1) is 11.6. The normalized spacial score (nSPS) is 9.54. The monoisotopic (exact) mass is 179 g/mol. The maximum absolute atomic E-state index is 4.24. The molecule has 1 aromatic heterocycles. The average molecular weight is 179 g/mol. The Balaban J connectivity index is 0.000000671. The van der Waals surface area contributed by atoms with Gasteiger partial charge in [-0.3, -0.25) is 4.99 Å². The van der Waals surface area contributed by atoms with E-state index in [1.165, 1.54) is 0 Å². The Bertz CT molecular complexity index is 284. The lowest BCUT2D eigenvalue weighted by Gasteiger charge is -1.90. The lowest BCUT2D eigenvalue weighted by atomic mass is 10.5. The van der Waals surface area contributed by atoms with Gasteiger partial charge in [-0.15, -0.1) is 0 Å². The molecule has 13 heavy (non-hydrogen) atoms. The minimum Gasteiger partial charge on any atom is -0.334 e. The van der Waals surface area contributed by atoms with Crippen LogP contribution in [0.2, 0.25) is 0 Å². The van der Waals surface area contributed by atoms with Crippen molar-refractivity contribution in [1.29, 1.82) is 0 Å². The Labute approximate surface area is 79.8 Å². The SMILES string of the molecule is C=N/C=C\c1nc(C)cn1C.CC. The summed E-state index contributed by atoms with van der Waals surface area (Å²) in [7, 11) is 1.95. The molecule has 3 heteroatoms. The maximum atomic E-state index is 4.24. The van der Waals surface area contributed by atoms with E-state index in [-0.39, 0.29) is 0 Å². The summed E-state index contributed by atoms with van der Waals surface area (Å²) in [5, 5.41) is 0. The Morgan fingerprint density at radius 1 is 1.54 bits per heavy atom. The summed E-state index contributed by atoms with van der Waals surface area (Å²) >= 11 is 0. The molecular formula is C10H17N3. The average Bonchev–Trinajstić information content (AvgIpc) is 2.45. The molecule has 0 aliphatic heterocycles. The van der Waals surface area contributed by atoms with Gasteiger partial charge in [0.05, 0.1) is 5.69 Å². The fourth-order valence-electron chi connectivity index (χ4n) is 0.909. The van der Waals surface area contributed by atoms with Gasteiger partial charge >= 0.3 is 0 Å². The lowest BCUT2D eigenvalue weighted by molar-refractivity contribution is 0.897. The van der Waals surface area contributed by atoms with E-state index in [1.54, 1.807) is 6.20 Å². The highest BCUT2D eigenvalue weighted by Gasteiger charge is 1.95.